The summed E-state index contributed by atoms with van der Waals surface area (Å²) in [6.07, 6.45) is 5.24. The zero-order valence-electron chi connectivity index (χ0n) is 10.1. The van der Waals surface area contributed by atoms with Gasteiger partial charge in [-0.2, -0.15) is 0 Å². The summed E-state index contributed by atoms with van der Waals surface area (Å²) in [6.45, 7) is 12.4. The zero-order valence-corrected chi connectivity index (χ0v) is 10.1. The predicted octanol–water partition coefficient (Wildman–Crippen LogP) is 2.60. The molecule has 2 heteroatoms. The van der Waals surface area contributed by atoms with Crippen molar-refractivity contribution in [3.63, 3.8) is 0 Å². The molecule has 0 saturated carbocycles. The highest BCUT2D eigenvalue weighted by atomic mass is 16.5. The summed E-state index contributed by atoms with van der Waals surface area (Å²) < 4.78 is 5.36. The van der Waals surface area contributed by atoms with Crippen molar-refractivity contribution in [1.29, 1.82) is 0 Å². The van der Waals surface area contributed by atoms with E-state index in [1.807, 2.05) is 19.1 Å². The van der Waals surface area contributed by atoms with Gasteiger partial charge in [0, 0.05) is 6.54 Å². The van der Waals surface area contributed by atoms with Gasteiger partial charge < -0.3 is 10.1 Å². The third kappa shape index (κ3) is 11.7. The molecule has 0 aromatic carbocycles. The van der Waals surface area contributed by atoms with E-state index >= 15 is 0 Å². The maximum absolute atomic E-state index is 5.36. The van der Waals surface area contributed by atoms with Crippen LogP contribution in [0, 0.1) is 5.41 Å². The molecule has 0 rings (SSSR count). The average Bonchev–Trinajstić information content (AvgIpc) is 2.08. The molecule has 0 amide bonds. The van der Waals surface area contributed by atoms with Gasteiger partial charge in [0.2, 0.25) is 0 Å². The van der Waals surface area contributed by atoms with Crippen LogP contribution >= 0.6 is 0 Å². The Balaban J connectivity index is 3.07. The third-order valence-electron chi connectivity index (χ3n) is 1.92. The second kappa shape index (κ2) is 8.01. The molecule has 84 valence electrons. The van der Waals surface area contributed by atoms with Crippen LogP contribution in [0.15, 0.2) is 12.2 Å². The van der Waals surface area contributed by atoms with E-state index in [2.05, 4.69) is 26.1 Å². The second-order valence-electron chi connectivity index (χ2n) is 4.70. The Morgan fingerprint density at radius 3 is 2.50 bits per heavy atom. The summed E-state index contributed by atoms with van der Waals surface area (Å²) in [4.78, 5) is 0. The summed E-state index contributed by atoms with van der Waals surface area (Å²) >= 11 is 0. The van der Waals surface area contributed by atoms with Crippen molar-refractivity contribution < 1.29 is 4.74 Å². The minimum Gasteiger partial charge on any atom is -0.376 e. The molecular formula is C12H25NO. The Morgan fingerprint density at radius 1 is 1.21 bits per heavy atom. The number of rotatable bonds is 7. The van der Waals surface area contributed by atoms with E-state index < -0.39 is 0 Å². The lowest BCUT2D eigenvalue weighted by atomic mass is 9.92. The summed E-state index contributed by atoms with van der Waals surface area (Å²) in [5.74, 6) is 0. The quantitative estimate of drug-likeness (QED) is 0.502. The number of nitrogens with one attached hydrogen (secondary N) is 1. The normalized spacial score (nSPS) is 12.6. The van der Waals surface area contributed by atoms with E-state index in [-0.39, 0.29) is 0 Å². The van der Waals surface area contributed by atoms with Gasteiger partial charge in [-0.15, -0.1) is 0 Å². The van der Waals surface area contributed by atoms with E-state index in [4.69, 9.17) is 4.74 Å². The molecule has 0 aromatic rings. The Morgan fingerprint density at radius 2 is 1.93 bits per heavy atom. The van der Waals surface area contributed by atoms with E-state index in [0.717, 1.165) is 26.3 Å². The van der Waals surface area contributed by atoms with Gasteiger partial charge in [0.05, 0.1) is 13.2 Å². The van der Waals surface area contributed by atoms with E-state index in [9.17, 15) is 0 Å². The molecule has 0 aliphatic carbocycles. The number of allylic oxidation sites excluding steroid dienone is 1. The predicted molar refractivity (Wildman–Crippen MR) is 62.6 cm³/mol. The fourth-order valence-corrected chi connectivity index (χ4v) is 0.980. The van der Waals surface area contributed by atoms with Gasteiger partial charge in [-0.1, -0.05) is 32.9 Å². The van der Waals surface area contributed by atoms with Crippen LogP contribution in [0.1, 0.15) is 34.1 Å². The van der Waals surface area contributed by atoms with Gasteiger partial charge in [-0.25, -0.2) is 0 Å². The van der Waals surface area contributed by atoms with E-state index in [0.29, 0.717) is 5.41 Å². The first-order valence-corrected chi connectivity index (χ1v) is 5.46. The van der Waals surface area contributed by atoms with Crippen LogP contribution in [-0.4, -0.2) is 26.3 Å². The van der Waals surface area contributed by atoms with Crippen molar-refractivity contribution in [3.05, 3.63) is 12.2 Å². The Labute approximate surface area is 88.7 Å². The van der Waals surface area contributed by atoms with Crippen molar-refractivity contribution in [1.82, 2.24) is 5.32 Å². The molecule has 0 bridgehead atoms. The first-order chi connectivity index (χ1) is 6.56. The van der Waals surface area contributed by atoms with E-state index in [1.54, 1.807) is 0 Å². The van der Waals surface area contributed by atoms with E-state index in [1.165, 1.54) is 6.42 Å². The molecule has 1 N–H and O–H groups in total. The van der Waals surface area contributed by atoms with Crippen LogP contribution < -0.4 is 5.32 Å². The maximum atomic E-state index is 5.36. The van der Waals surface area contributed by atoms with Gasteiger partial charge in [0.25, 0.3) is 0 Å². The van der Waals surface area contributed by atoms with Gasteiger partial charge in [-0.3, -0.25) is 0 Å². The van der Waals surface area contributed by atoms with Crippen LogP contribution in [0.3, 0.4) is 0 Å². The Hall–Kier alpha value is -0.340. The zero-order chi connectivity index (χ0) is 10.9. The third-order valence-corrected chi connectivity index (χ3v) is 1.92. The van der Waals surface area contributed by atoms with Crippen LogP contribution in [0.5, 0.6) is 0 Å². The first kappa shape index (κ1) is 13.7. The molecule has 0 heterocycles. The fraction of sp³-hybridized carbons (Fsp3) is 0.833. The molecule has 0 aromatic heterocycles. The Kier molecular flexibility index (Phi) is 7.81. The van der Waals surface area contributed by atoms with Gasteiger partial charge in [-0.05, 0) is 25.3 Å². The molecule has 0 saturated heterocycles. The van der Waals surface area contributed by atoms with Gasteiger partial charge >= 0.3 is 0 Å². The van der Waals surface area contributed by atoms with Crippen LogP contribution in [0.4, 0.5) is 0 Å². The molecule has 0 fully saturated rings. The molecule has 0 aliphatic heterocycles. The number of hydrogen-bond acceptors (Lipinski definition) is 2. The molecule has 0 unspecified atom stereocenters. The van der Waals surface area contributed by atoms with Gasteiger partial charge in [0.1, 0.15) is 0 Å². The highest BCUT2D eigenvalue weighted by molar-refractivity contribution is 4.75. The average molecular weight is 199 g/mol. The number of ether oxygens (including phenoxy) is 1. The van der Waals surface area contributed by atoms with Crippen LogP contribution in [0.2, 0.25) is 0 Å². The summed E-state index contributed by atoms with van der Waals surface area (Å²) in [5, 5.41) is 3.37. The molecule has 0 atom stereocenters. The highest BCUT2D eigenvalue weighted by Crippen LogP contribution is 2.16. The van der Waals surface area contributed by atoms with Crippen molar-refractivity contribution in [2.24, 2.45) is 5.41 Å². The number of hydrogen-bond donors (Lipinski definition) is 1. The SMILES string of the molecule is CC=CCOCCNCCC(C)(C)C. The van der Waals surface area contributed by atoms with Crippen molar-refractivity contribution in [2.45, 2.75) is 34.1 Å². The molecule has 0 aliphatic rings. The Bertz CT molecular complexity index is 147. The second-order valence-corrected chi connectivity index (χ2v) is 4.70. The molecule has 0 radical (unpaired) electrons. The monoisotopic (exact) mass is 199 g/mol. The van der Waals surface area contributed by atoms with Crippen molar-refractivity contribution >= 4 is 0 Å². The topological polar surface area (TPSA) is 21.3 Å². The minimum absolute atomic E-state index is 0.429. The summed E-state index contributed by atoms with van der Waals surface area (Å²) in [5.41, 5.74) is 0.429. The maximum Gasteiger partial charge on any atom is 0.0647 e. The lowest BCUT2D eigenvalue weighted by molar-refractivity contribution is 0.163. The molecule has 0 spiro atoms. The van der Waals surface area contributed by atoms with Crippen molar-refractivity contribution in [2.75, 3.05) is 26.3 Å². The first-order valence-electron chi connectivity index (χ1n) is 5.46. The van der Waals surface area contributed by atoms with Crippen LogP contribution in [-0.2, 0) is 4.74 Å². The minimum atomic E-state index is 0.429. The highest BCUT2D eigenvalue weighted by Gasteiger charge is 2.08. The fourth-order valence-electron chi connectivity index (χ4n) is 0.980. The molecule has 2 nitrogen and oxygen atoms in total. The molecular weight excluding hydrogens is 174 g/mol. The lowest BCUT2D eigenvalue weighted by Crippen LogP contribution is -2.24. The van der Waals surface area contributed by atoms with Crippen molar-refractivity contribution in [3.8, 4) is 0 Å². The summed E-state index contributed by atoms with van der Waals surface area (Å²) in [6, 6.07) is 0. The van der Waals surface area contributed by atoms with Crippen LogP contribution in [0.25, 0.3) is 0 Å². The smallest absolute Gasteiger partial charge is 0.0647 e. The lowest BCUT2D eigenvalue weighted by Gasteiger charge is -2.17. The standard InChI is InChI=1S/C12H25NO/c1-5-6-10-14-11-9-13-8-7-12(2,3)4/h5-6,13H,7-11H2,1-4H3. The van der Waals surface area contributed by atoms with Gasteiger partial charge in [0.15, 0.2) is 0 Å². The molecule has 14 heavy (non-hydrogen) atoms. The largest absolute Gasteiger partial charge is 0.376 e. The summed E-state index contributed by atoms with van der Waals surface area (Å²) in [7, 11) is 0.